The second-order valence-electron chi connectivity index (χ2n) is 11.8. The van der Waals surface area contributed by atoms with Crippen molar-refractivity contribution in [2.45, 2.75) is 0 Å². The summed E-state index contributed by atoms with van der Waals surface area (Å²) in [7, 11) is 0. The van der Waals surface area contributed by atoms with Gasteiger partial charge in [0.15, 0.2) is 0 Å². The van der Waals surface area contributed by atoms with E-state index in [1.807, 2.05) is 24.3 Å². The van der Waals surface area contributed by atoms with E-state index in [4.69, 9.17) is 6.57 Å². The molecule has 7 rings (SSSR count). The Morgan fingerprint density at radius 2 is 0.944 bits per heavy atom. The zero-order chi connectivity index (χ0) is 37.9. The smallest absolute Gasteiger partial charge is 0.202 e. The van der Waals surface area contributed by atoms with E-state index in [2.05, 4.69) is 33.0 Å². The molecule has 3 aromatic carbocycles. The SMILES string of the molecule is [C-]#[N+]/C(=C1/C(c2ccccn2)=C(C#N)c2cc3c(cc21)/C(=C(\C#N)c1cc(C#N)cc(C#N)c1)C(c1ccccn1)=C3C#N)c1cc(C#N)cc(C#N)c1. The van der Waals surface area contributed by atoms with Crippen LogP contribution in [-0.4, -0.2) is 9.97 Å². The molecular formula is C44H16N10. The first-order valence-corrected chi connectivity index (χ1v) is 15.9. The highest BCUT2D eigenvalue weighted by Crippen LogP contribution is 2.55. The van der Waals surface area contributed by atoms with Crippen molar-refractivity contribution in [1.82, 2.24) is 9.97 Å². The number of nitriles is 7. The Labute approximate surface area is 309 Å². The average molecular weight is 685 g/mol. The summed E-state index contributed by atoms with van der Waals surface area (Å²) in [5.74, 6) is 0. The van der Waals surface area contributed by atoms with E-state index in [1.165, 1.54) is 36.4 Å². The summed E-state index contributed by atoms with van der Waals surface area (Å²) in [5.41, 5.74) is 5.26. The van der Waals surface area contributed by atoms with Crippen LogP contribution in [0.3, 0.4) is 0 Å². The fraction of sp³-hybridized carbons (Fsp3) is 0. The molecule has 0 unspecified atom stereocenters. The van der Waals surface area contributed by atoms with E-state index in [1.54, 1.807) is 60.9 Å². The van der Waals surface area contributed by atoms with Crippen molar-refractivity contribution in [1.29, 1.82) is 36.8 Å². The van der Waals surface area contributed by atoms with Gasteiger partial charge in [-0.05, 0) is 101 Å². The van der Waals surface area contributed by atoms with E-state index in [9.17, 15) is 36.8 Å². The van der Waals surface area contributed by atoms with Crippen LogP contribution in [0.1, 0.15) is 67.0 Å². The fourth-order valence-electron chi connectivity index (χ4n) is 6.81. The third-order valence-corrected chi connectivity index (χ3v) is 8.96. The number of nitrogens with zero attached hydrogens (tertiary/aromatic N) is 10. The number of allylic oxidation sites excluding steroid dienone is 7. The molecule has 0 radical (unpaired) electrons. The highest BCUT2D eigenvalue weighted by atomic mass is 14.7. The lowest BCUT2D eigenvalue weighted by Gasteiger charge is -2.15. The molecule has 2 heterocycles. The van der Waals surface area contributed by atoms with Gasteiger partial charge >= 0.3 is 0 Å². The maximum Gasteiger partial charge on any atom is 0.202 e. The van der Waals surface area contributed by atoms with Gasteiger partial charge in [0, 0.05) is 40.2 Å². The molecule has 2 aliphatic rings. The molecule has 0 spiro atoms. The van der Waals surface area contributed by atoms with Crippen LogP contribution in [0.4, 0.5) is 0 Å². The zero-order valence-corrected chi connectivity index (χ0v) is 27.7. The van der Waals surface area contributed by atoms with E-state index < -0.39 is 0 Å². The predicted molar refractivity (Wildman–Crippen MR) is 197 cm³/mol. The minimum Gasteiger partial charge on any atom is -0.256 e. The second-order valence-corrected chi connectivity index (χ2v) is 11.8. The Morgan fingerprint density at radius 3 is 1.35 bits per heavy atom. The molecule has 5 aromatic rings. The monoisotopic (exact) mass is 684 g/mol. The van der Waals surface area contributed by atoms with Crippen molar-refractivity contribution >= 4 is 44.7 Å². The first kappa shape index (κ1) is 33.3. The Kier molecular flexibility index (Phi) is 8.41. The number of rotatable bonds is 4. The van der Waals surface area contributed by atoms with Crippen molar-refractivity contribution < 1.29 is 0 Å². The third kappa shape index (κ3) is 5.31. The summed E-state index contributed by atoms with van der Waals surface area (Å²) in [6.07, 6.45) is 3.11. The second kappa shape index (κ2) is 13.6. The van der Waals surface area contributed by atoms with Gasteiger partial charge < -0.3 is 0 Å². The molecule has 0 saturated carbocycles. The highest BCUT2D eigenvalue weighted by molar-refractivity contribution is 6.33. The minimum absolute atomic E-state index is 0.0403. The summed E-state index contributed by atoms with van der Waals surface area (Å²) in [6.45, 7) is 8.43. The summed E-state index contributed by atoms with van der Waals surface area (Å²) in [6, 6.07) is 37.5. The molecule has 0 saturated heterocycles. The van der Waals surface area contributed by atoms with Crippen LogP contribution in [-0.2, 0) is 0 Å². The number of aromatic nitrogens is 2. The molecule has 0 amide bonds. The van der Waals surface area contributed by atoms with Crippen LogP contribution in [0.15, 0.2) is 97.3 Å². The van der Waals surface area contributed by atoms with Crippen molar-refractivity contribution in [2.75, 3.05) is 0 Å². The van der Waals surface area contributed by atoms with Gasteiger partial charge in [-0.25, -0.2) is 4.85 Å². The van der Waals surface area contributed by atoms with Crippen molar-refractivity contribution in [3.63, 3.8) is 0 Å². The molecule has 0 atom stereocenters. The fourth-order valence-corrected chi connectivity index (χ4v) is 6.81. The zero-order valence-electron chi connectivity index (χ0n) is 27.7. The molecule has 10 heteroatoms. The molecular weight excluding hydrogens is 669 g/mol. The number of hydrogen-bond donors (Lipinski definition) is 0. The molecule has 0 N–H and O–H groups in total. The Bertz CT molecular complexity index is 2730. The maximum atomic E-state index is 10.8. The quantitative estimate of drug-likeness (QED) is 0.133. The number of hydrogen-bond acceptors (Lipinski definition) is 9. The largest absolute Gasteiger partial charge is 0.256 e. The van der Waals surface area contributed by atoms with Gasteiger partial charge in [0.2, 0.25) is 5.70 Å². The van der Waals surface area contributed by atoms with Crippen molar-refractivity contribution in [3.8, 4) is 42.5 Å². The average Bonchev–Trinajstić information content (AvgIpc) is 3.72. The summed E-state index contributed by atoms with van der Waals surface area (Å²) in [5, 5.41) is 71.5. The van der Waals surface area contributed by atoms with Crippen LogP contribution in [0, 0.1) is 85.9 Å². The molecule has 2 aliphatic carbocycles. The summed E-state index contributed by atoms with van der Waals surface area (Å²) >= 11 is 0. The number of pyridine rings is 2. The molecule has 0 aliphatic heterocycles. The van der Waals surface area contributed by atoms with Crippen LogP contribution in [0.5, 0.6) is 0 Å². The predicted octanol–water partition coefficient (Wildman–Crippen LogP) is 8.08. The van der Waals surface area contributed by atoms with Crippen LogP contribution >= 0.6 is 0 Å². The molecule has 54 heavy (non-hydrogen) atoms. The molecule has 10 nitrogen and oxygen atoms in total. The number of fused-ring (bicyclic) bond motifs is 2. The van der Waals surface area contributed by atoms with E-state index >= 15 is 0 Å². The number of benzene rings is 3. The lowest BCUT2D eigenvalue weighted by atomic mass is 9.87. The standard InChI is InChI=1S/C44H16N10/c1-52-44(30-14-27(20-47)11-28(15-30)21-48)43-34-17-33-31(16-32(34)37(24-51)42(43)39-7-3-5-9-54-39)36(23-50)41(38-6-2-4-8-53-38)40(33)35(22-49)29-12-25(18-45)10-26(13-29)19-46/h2-17H/b40-35-,44-43+. The van der Waals surface area contributed by atoms with Gasteiger partial charge in [-0.3, -0.25) is 9.97 Å². The van der Waals surface area contributed by atoms with Crippen LogP contribution in [0.25, 0.3) is 49.6 Å². The van der Waals surface area contributed by atoms with Gasteiger partial charge in [0.05, 0.1) is 81.2 Å². The maximum absolute atomic E-state index is 10.8. The van der Waals surface area contributed by atoms with Gasteiger partial charge in [0.1, 0.15) is 18.2 Å². The van der Waals surface area contributed by atoms with Crippen LogP contribution < -0.4 is 0 Å². The third-order valence-electron chi connectivity index (χ3n) is 8.96. The summed E-state index contributed by atoms with van der Waals surface area (Å²) < 4.78 is 0. The first-order valence-electron chi connectivity index (χ1n) is 15.9. The van der Waals surface area contributed by atoms with E-state index in [-0.39, 0.29) is 55.8 Å². The minimum atomic E-state index is 0.0403. The van der Waals surface area contributed by atoms with Crippen molar-refractivity contribution in [2.24, 2.45) is 0 Å². The normalized spacial score (nSPS) is 14.1. The Balaban J connectivity index is 1.66. The van der Waals surface area contributed by atoms with Gasteiger partial charge in [-0.2, -0.15) is 36.8 Å². The van der Waals surface area contributed by atoms with E-state index in [0.29, 0.717) is 55.9 Å². The van der Waals surface area contributed by atoms with Crippen molar-refractivity contribution in [3.05, 3.63) is 176 Å². The topological polar surface area (TPSA) is 197 Å². The van der Waals surface area contributed by atoms with Gasteiger partial charge in [-0.15, -0.1) is 0 Å². The molecule has 2 aromatic heterocycles. The lowest BCUT2D eigenvalue weighted by Crippen LogP contribution is -1.98. The molecule has 0 bridgehead atoms. The molecule has 0 fully saturated rings. The first-order chi connectivity index (χ1) is 26.4. The summed E-state index contributed by atoms with van der Waals surface area (Å²) in [4.78, 5) is 13.0. The van der Waals surface area contributed by atoms with Crippen LogP contribution in [0.2, 0.25) is 0 Å². The van der Waals surface area contributed by atoms with E-state index in [0.717, 1.165) is 0 Å². The molecule has 242 valence electrons. The van der Waals surface area contributed by atoms with Gasteiger partial charge in [-0.1, -0.05) is 12.1 Å². The lowest BCUT2D eigenvalue weighted by molar-refractivity contribution is 1.28. The van der Waals surface area contributed by atoms with Gasteiger partial charge in [0.25, 0.3) is 0 Å². The Morgan fingerprint density at radius 1 is 0.500 bits per heavy atom. The Hall–Kier alpha value is -9.16. The highest BCUT2D eigenvalue weighted by Gasteiger charge is 2.38.